The Kier molecular flexibility index (Phi) is 1.73. The molecule has 0 N–H and O–H groups in total. The van der Waals surface area contributed by atoms with Gasteiger partial charge in [-0.1, -0.05) is 0 Å². The molecule has 0 bridgehead atoms. The van der Waals surface area contributed by atoms with E-state index >= 15 is 0 Å². The largest absolute Gasteiger partial charge is 0.779 e. The van der Waals surface area contributed by atoms with E-state index in [1.54, 1.807) is 6.08 Å². The van der Waals surface area contributed by atoms with Gasteiger partial charge in [0.25, 0.3) is 0 Å². The first kappa shape index (κ1) is 6.14. The second-order valence-corrected chi connectivity index (χ2v) is 1.98. The summed E-state index contributed by atoms with van der Waals surface area (Å²) in [6.07, 6.45) is 8.29. The molecule has 0 aliphatic heterocycles. The van der Waals surface area contributed by atoms with Crippen molar-refractivity contribution in [3.8, 4) is 0 Å². The van der Waals surface area contributed by atoms with Crippen LogP contribution in [-0.2, 0) is 0 Å². The van der Waals surface area contributed by atoms with Gasteiger partial charge < -0.3 is 5.41 Å². The maximum atomic E-state index is 9.11. The lowest BCUT2D eigenvalue weighted by molar-refractivity contribution is 1.17. The van der Waals surface area contributed by atoms with Gasteiger partial charge in [-0.25, -0.2) is 0 Å². The van der Waals surface area contributed by atoms with Gasteiger partial charge in [-0.3, -0.25) is 0 Å². The Bertz CT molecular complexity index is 175. The minimum Gasteiger partial charge on any atom is -0.779 e. The molecule has 46 valence electrons. The topological polar surface area (TPSA) is 22.3 Å². The predicted octanol–water partition coefficient (Wildman–Crippen LogP) is 2.11. The van der Waals surface area contributed by atoms with Gasteiger partial charge in [0.15, 0.2) is 0 Å². The smallest absolute Gasteiger partial charge is 0.0495 e. The van der Waals surface area contributed by atoms with Gasteiger partial charge in [0.2, 0.25) is 0 Å². The monoisotopic (exact) mass is 119 g/mol. The van der Waals surface area contributed by atoms with E-state index in [9.17, 15) is 0 Å². The second-order valence-electron chi connectivity index (χ2n) is 1.98. The fraction of sp³-hybridized carbons (Fsp3) is 0.250. The Balaban J connectivity index is 2.71. The van der Waals surface area contributed by atoms with E-state index in [4.69, 9.17) is 5.41 Å². The summed E-state index contributed by atoms with van der Waals surface area (Å²) < 4.78 is 0. The zero-order valence-electron chi connectivity index (χ0n) is 5.46. The first-order valence-corrected chi connectivity index (χ1v) is 3.11. The molecule has 0 amide bonds. The van der Waals surface area contributed by atoms with Crippen molar-refractivity contribution in [2.75, 3.05) is 0 Å². The fourth-order valence-corrected chi connectivity index (χ4v) is 0.810. The Labute approximate surface area is 55.6 Å². The van der Waals surface area contributed by atoms with Crippen molar-refractivity contribution >= 4 is 5.71 Å². The maximum Gasteiger partial charge on any atom is 0.0495 e. The van der Waals surface area contributed by atoms with Crippen molar-refractivity contribution < 1.29 is 0 Å². The number of nitrogens with zero attached hydrogens (tertiary/aromatic N) is 1. The zero-order valence-corrected chi connectivity index (χ0v) is 5.46. The van der Waals surface area contributed by atoms with Crippen LogP contribution in [-0.4, -0.2) is 5.71 Å². The second kappa shape index (κ2) is 2.53. The van der Waals surface area contributed by atoms with Crippen LogP contribution in [0.5, 0.6) is 0 Å². The Morgan fingerprint density at radius 1 is 1.67 bits per heavy atom. The summed E-state index contributed by atoms with van der Waals surface area (Å²) in [5, 5.41) is 9.11. The van der Waals surface area contributed by atoms with Gasteiger partial charge in [0.1, 0.15) is 0 Å². The van der Waals surface area contributed by atoms with Crippen LogP contribution in [0.2, 0.25) is 0 Å². The highest BCUT2D eigenvalue weighted by Crippen LogP contribution is 2.09. The van der Waals surface area contributed by atoms with Gasteiger partial charge >= 0.3 is 0 Å². The van der Waals surface area contributed by atoms with Crippen molar-refractivity contribution in [3.63, 3.8) is 0 Å². The van der Waals surface area contributed by atoms with Gasteiger partial charge in [0, 0.05) is 36.6 Å². The molecule has 0 fully saturated rings. The minimum absolute atomic E-state index is 0.403. The van der Waals surface area contributed by atoms with Crippen LogP contribution in [0.25, 0.3) is 5.41 Å². The van der Waals surface area contributed by atoms with Crippen molar-refractivity contribution in [3.05, 3.63) is 35.6 Å². The van der Waals surface area contributed by atoms with E-state index in [2.05, 4.69) is 0 Å². The summed E-state index contributed by atoms with van der Waals surface area (Å²) in [5.41, 5.74) is 1.41. The van der Waals surface area contributed by atoms with E-state index in [-0.39, 0.29) is 0 Å². The van der Waals surface area contributed by atoms with Gasteiger partial charge in [-0.15, -0.1) is 0 Å². The lowest BCUT2D eigenvalue weighted by Crippen LogP contribution is -1.98. The first-order chi connectivity index (χ1) is 4.34. The van der Waals surface area contributed by atoms with Crippen LogP contribution in [0.3, 0.4) is 0 Å². The summed E-state index contributed by atoms with van der Waals surface area (Å²) in [6, 6.07) is 0. The summed E-state index contributed by atoms with van der Waals surface area (Å²) in [4.78, 5) is 0. The first-order valence-electron chi connectivity index (χ1n) is 3.11. The molecule has 1 rings (SSSR count). The standard InChI is InChI=1S/C8H9N/c1-2-7-5-3-4-6-8(7)9/h3-6H,2H2,1H3. The highest BCUT2D eigenvalue weighted by Gasteiger charge is 2.03. The minimum atomic E-state index is 0.403. The van der Waals surface area contributed by atoms with Gasteiger partial charge in [-0.2, -0.15) is 0 Å². The number of rotatable bonds is 1. The molecule has 0 spiro atoms. The van der Waals surface area contributed by atoms with Crippen LogP contribution < -0.4 is 0 Å². The number of hydrogen-bond donors (Lipinski definition) is 0. The van der Waals surface area contributed by atoms with E-state index in [1.165, 1.54) is 0 Å². The maximum absolute atomic E-state index is 9.11. The summed E-state index contributed by atoms with van der Waals surface area (Å²) in [6.45, 7) is 2.02. The SMILES string of the molecule is CCC1=C[CH+]C=CC1=[N-]. The van der Waals surface area contributed by atoms with Crippen LogP contribution in [0, 0.1) is 6.42 Å². The van der Waals surface area contributed by atoms with E-state index in [0.717, 1.165) is 12.0 Å². The average molecular weight is 119 g/mol. The highest BCUT2D eigenvalue weighted by molar-refractivity contribution is 6.11. The molecule has 0 radical (unpaired) electrons. The molecule has 0 aromatic rings. The molecule has 0 aromatic carbocycles. The van der Waals surface area contributed by atoms with Gasteiger partial charge in [-0.05, 0) is 12.6 Å². The zero-order chi connectivity index (χ0) is 6.69. The molecule has 1 nitrogen and oxygen atoms in total. The molecule has 0 saturated heterocycles. The number of allylic oxidation sites excluding steroid dienone is 4. The van der Waals surface area contributed by atoms with Crippen molar-refractivity contribution in [2.24, 2.45) is 0 Å². The third-order valence-corrected chi connectivity index (χ3v) is 1.37. The Morgan fingerprint density at radius 2 is 2.44 bits per heavy atom. The van der Waals surface area contributed by atoms with Crippen LogP contribution in [0.1, 0.15) is 13.3 Å². The van der Waals surface area contributed by atoms with Crippen molar-refractivity contribution in [1.29, 1.82) is 0 Å². The molecule has 1 aliphatic carbocycles. The predicted molar refractivity (Wildman–Crippen MR) is 40.2 cm³/mol. The van der Waals surface area contributed by atoms with Crippen LogP contribution in [0.4, 0.5) is 0 Å². The molecule has 0 aromatic heterocycles. The van der Waals surface area contributed by atoms with Crippen LogP contribution >= 0.6 is 0 Å². The molecular weight excluding hydrogens is 110 g/mol. The third kappa shape index (κ3) is 1.22. The molecule has 0 atom stereocenters. The average Bonchev–Trinajstić information content (AvgIpc) is 1.89. The lowest BCUT2D eigenvalue weighted by atomic mass is 10.0. The molecule has 1 aliphatic rings. The Morgan fingerprint density at radius 3 is 2.89 bits per heavy atom. The van der Waals surface area contributed by atoms with E-state index in [1.807, 2.05) is 25.5 Å². The normalized spacial score (nSPS) is 17.0. The molecule has 9 heavy (non-hydrogen) atoms. The van der Waals surface area contributed by atoms with Crippen molar-refractivity contribution in [1.82, 2.24) is 0 Å². The Hall–Kier alpha value is -0.980. The fourth-order valence-electron chi connectivity index (χ4n) is 0.810. The molecular formula is C8H9N. The lowest BCUT2D eigenvalue weighted by Gasteiger charge is -2.04. The highest BCUT2D eigenvalue weighted by atomic mass is 14.4. The molecule has 0 saturated carbocycles. The van der Waals surface area contributed by atoms with E-state index in [0.29, 0.717) is 5.71 Å². The van der Waals surface area contributed by atoms with Gasteiger partial charge in [0.05, 0.1) is 0 Å². The molecule has 1 heteroatoms. The summed E-state index contributed by atoms with van der Waals surface area (Å²) >= 11 is 0. The van der Waals surface area contributed by atoms with Crippen molar-refractivity contribution in [2.45, 2.75) is 13.3 Å². The third-order valence-electron chi connectivity index (χ3n) is 1.37. The summed E-state index contributed by atoms with van der Waals surface area (Å²) in [7, 11) is 0. The quantitative estimate of drug-likeness (QED) is 0.472. The molecule has 0 unspecified atom stereocenters. The van der Waals surface area contributed by atoms with E-state index < -0.39 is 0 Å². The number of hydrogen-bond acceptors (Lipinski definition) is 0. The summed E-state index contributed by atoms with van der Waals surface area (Å²) in [5.74, 6) is 0. The van der Waals surface area contributed by atoms with Crippen LogP contribution in [0.15, 0.2) is 23.8 Å². The molecule has 0 heterocycles.